The van der Waals surface area contributed by atoms with E-state index in [-0.39, 0.29) is 17.7 Å². The van der Waals surface area contributed by atoms with Crippen molar-refractivity contribution >= 4 is 21.7 Å². The molecule has 4 heterocycles. The van der Waals surface area contributed by atoms with Crippen LogP contribution in [0.5, 0.6) is 0 Å². The van der Waals surface area contributed by atoms with Gasteiger partial charge in [-0.05, 0) is 31.4 Å². The van der Waals surface area contributed by atoms with E-state index in [0.29, 0.717) is 50.8 Å². The highest BCUT2D eigenvalue weighted by atomic mass is 32.2. The summed E-state index contributed by atoms with van der Waals surface area (Å²) in [5.41, 5.74) is -0.0635. The number of rotatable bonds is 5. The van der Waals surface area contributed by atoms with Gasteiger partial charge in [0.05, 0.1) is 18.4 Å². The Morgan fingerprint density at radius 1 is 1.09 bits per heavy atom. The summed E-state index contributed by atoms with van der Waals surface area (Å²) in [7, 11) is -3.25. The van der Waals surface area contributed by atoms with E-state index in [1.807, 2.05) is 0 Å². The Morgan fingerprint density at radius 2 is 1.84 bits per heavy atom. The first kappa shape index (κ1) is 22.9. The molecule has 2 aromatic heterocycles. The Hall–Kier alpha value is -2.31. The number of sulfonamides is 1. The molecule has 1 atom stereocenters. The van der Waals surface area contributed by atoms with Gasteiger partial charge in [-0.15, -0.1) is 0 Å². The first-order chi connectivity index (χ1) is 15.1. The van der Waals surface area contributed by atoms with Crippen molar-refractivity contribution < 1.29 is 26.3 Å². The molecule has 0 aliphatic carbocycles. The molecule has 32 heavy (non-hydrogen) atoms. The van der Waals surface area contributed by atoms with E-state index in [2.05, 4.69) is 15.3 Å². The zero-order valence-electron chi connectivity index (χ0n) is 17.5. The van der Waals surface area contributed by atoms with Crippen LogP contribution >= 0.6 is 0 Å². The van der Waals surface area contributed by atoms with Crippen molar-refractivity contribution in [1.82, 2.24) is 19.3 Å². The number of alkyl halides is 3. The summed E-state index contributed by atoms with van der Waals surface area (Å²) >= 11 is 0. The zero-order chi connectivity index (χ0) is 22.9. The first-order valence-corrected chi connectivity index (χ1v) is 12.2. The fourth-order valence-corrected chi connectivity index (χ4v) is 4.84. The topological polar surface area (TPSA) is 97.3 Å². The number of anilines is 2. The second-order valence-corrected chi connectivity index (χ2v) is 10.1. The van der Waals surface area contributed by atoms with Gasteiger partial charge in [-0.25, -0.2) is 27.7 Å². The van der Waals surface area contributed by atoms with Crippen molar-refractivity contribution in [1.29, 1.82) is 0 Å². The third kappa shape index (κ3) is 5.36. The highest BCUT2D eigenvalue weighted by Gasteiger charge is 2.31. The summed E-state index contributed by atoms with van der Waals surface area (Å²) in [6, 6.07) is 3.56. The van der Waals surface area contributed by atoms with Crippen molar-refractivity contribution in [2.45, 2.75) is 37.3 Å². The van der Waals surface area contributed by atoms with E-state index in [4.69, 9.17) is 9.72 Å². The molecule has 0 spiro atoms. The molecular formula is C20H24F3N5O3S. The van der Waals surface area contributed by atoms with Crippen molar-refractivity contribution in [3.05, 3.63) is 41.5 Å². The molecule has 1 N–H and O–H groups in total. The van der Waals surface area contributed by atoms with Crippen LogP contribution in [-0.2, 0) is 20.9 Å². The molecule has 174 valence electrons. The lowest BCUT2D eigenvalue weighted by Gasteiger charge is -2.30. The molecular weight excluding hydrogens is 447 g/mol. The van der Waals surface area contributed by atoms with Gasteiger partial charge in [0, 0.05) is 49.5 Å². The lowest BCUT2D eigenvalue weighted by atomic mass is 9.94. The van der Waals surface area contributed by atoms with Gasteiger partial charge in [-0.1, -0.05) is 0 Å². The van der Waals surface area contributed by atoms with Crippen LogP contribution in [-0.4, -0.2) is 60.2 Å². The molecule has 2 saturated heterocycles. The Kier molecular flexibility index (Phi) is 6.37. The predicted octanol–water partition coefficient (Wildman–Crippen LogP) is 3.28. The van der Waals surface area contributed by atoms with Gasteiger partial charge in [-0.2, -0.15) is 13.2 Å². The number of pyridine rings is 1. The highest BCUT2D eigenvalue weighted by Crippen LogP contribution is 2.33. The molecule has 12 heteroatoms. The molecule has 8 nitrogen and oxygen atoms in total. The summed E-state index contributed by atoms with van der Waals surface area (Å²) < 4.78 is 69.7. The van der Waals surface area contributed by atoms with E-state index in [9.17, 15) is 21.6 Å². The van der Waals surface area contributed by atoms with Crippen LogP contribution in [0.3, 0.4) is 0 Å². The lowest BCUT2D eigenvalue weighted by Crippen LogP contribution is -2.37. The number of ether oxygens (including phenoxy) is 1. The number of hydrogen-bond donors (Lipinski definition) is 1. The fraction of sp³-hybridized carbons (Fsp3) is 0.550. The summed E-state index contributed by atoms with van der Waals surface area (Å²) in [5.74, 6) is 0.979. The van der Waals surface area contributed by atoms with Crippen LogP contribution in [0.4, 0.5) is 24.8 Å². The van der Waals surface area contributed by atoms with E-state index < -0.39 is 21.8 Å². The molecule has 4 rings (SSSR count). The van der Waals surface area contributed by atoms with Crippen LogP contribution < -0.4 is 5.32 Å². The van der Waals surface area contributed by atoms with Gasteiger partial charge in [0.25, 0.3) is 0 Å². The zero-order valence-corrected chi connectivity index (χ0v) is 18.3. The largest absolute Gasteiger partial charge is 0.416 e. The minimum atomic E-state index is -4.48. The van der Waals surface area contributed by atoms with E-state index in [1.165, 1.54) is 10.6 Å². The summed E-state index contributed by atoms with van der Waals surface area (Å²) in [6.07, 6.45) is -0.217. The maximum atomic E-state index is 13.1. The van der Waals surface area contributed by atoms with E-state index in [1.54, 1.807) is 6.07 Å². The molecule has 0 radical (unpaired) electrons. The quantitative estimate of drug-likeness (QED) is 0.715. The van der Waals surface area contributed by atoms with Gasteiger partial charge in [0.2, 0.25) is 10.0 Å². The fourth-order valence-electron chi connectivity index (χ4n) is 3.97. The number of halogens is 3. The van der Waals surface area contributed by atoms with Crippen LogP contribution in [0.15, 0.2) is 24.4 Å². The van der Waals surface area contributed by atoms with Crippen molar-refractivity contribution in [3.63, 3.8) is 0 Å². The summed E-state index contributed by atoms with van der Waals surface area (Å²) in [4.78, 5) is 13.2. The number of hydrogen-bond acceptors (Lipinski definition) is 7. The van der Waals surface area contributed by atoms with Gasteiger partial charge >= 0.3 is 6.18 Å². The number of piperidine rings is 1. The molecule has 0 unspecified atom stereocenters. The molecule has 0 bridgehead atoms. The van der Waals surface area contributed by atoms with Gasteiger partial charge in [-0.3, -0.25) is 0 Å². The van der Waals surface area contributed by atoms with Crippen LogP contribution in [0, 0.1) is 0 Å². The molecule has 2 aliphatic rings. The van der Waals surface area contributed by atoms with Crippen molar-refractivity contribution in [2.75, 3.05) is 37.9 Å². The molecule has 2 fully saturated rings. The molecule has 2 aromatic rings. The number of nitrogens with one attached hydrogen (secondary N) is 1. The molecule has 0 saturated carbocycles. The lowest BCUT2D eigenvalue weighted by molar-refractivity contribution is -0.137. The molecule has 0 amide bonds. The Labute approximate surface area is 184 Å². The van der Waals surface area contributed by atoms with Crippen LogP contribution in [0.25, 0.3) is 0 Å². The SMILES string of the molecule is CS(=O)(=O)N1CCC(c2cc(Nc3cc(C(F)(F)F)ccn3)nc([C@H]3CCOC3)n2)CC1. The second-order valence-electron chi connectivity index (χ2n) is 8.09. The Morgan fingerprint density at radius 3 is 2.47 bits per heavy atom. The van der Waals surface area contributed by atoms with Gasteiger partial charge in [0.1, 0.15) is 17.5 Å². The minimum Gasteiger partial charge on any atom is -0.381 e. The normalized spacial score (nSPS) is 21.1. The molecule has 0 aromatic carbocycles. The maximum absolute atomic E-state index is 13.1. The number of nitrogens with zero attached hydrogens (tertiary/aromatic N) is 4. The van der Waals surface area contributed by atoms with Crippen LogP contribution in [0.1, 0.15) is 48.2 Å². The first-order valence-electron chi connectivity index (χ1n) is 10.3. The van der Waals surface area contributed by atoms with E-state index in [0.717, 1.165) is 30.4 Å². The minimum absolute atomic E-state index is 0.000997. The Balaban J connectivity index is 1.61. The van der Waals surface area contributed by atoms with Crippen molar-refractivity contribution in [2.24, 2.45) is 0 Å². The standard InChI is InChI=1S/C20H24F3N5O3S/c1-32(29,30)28-7-3-13(4-8-28)16-11-18(27-19(25-16)14-5-9-31-12-14)26-17-10-15(2-6-24-17)20(21,22)23/h2,6,10-11,13-14H,3-5,7-9,12H2,1H3,(H,24,25,26,27)/t14-/m0/s1. The maximum Gasteiger partial charge on any atom is 0.416 e. The monoisotopic (exact) mass is 471 g/mol. The Bertz CT molecular complexity index is 1070. The smallest absolute Gasteiger partial charge is 0.381 e. The third-order valence-electron chi connectivity index (χ3n) is 5.74. The average molecular weight is 472 g/mol. The number of aromatic nitrogens is 3. The third-order valence-corrected chi connectivity index (χ3v) is 7.05. The summed E-state index contributed by atoms with van der Waals surface area (Å²) in [5, 5.41) is 2.88. The van der Waals surface area contributed by atoms with Gasteiger partial charge in [0.15, 0.2) is 0 Å². The van der Waals surface area contributed by atoms with Crippen molar-refractivity contribution in [3.8, 4) is 0 Å². The predicted molar refractivity (Wildman–Crippen MR) is 111 cm³/mol. The average Bonchev–Trinajstić information content (AvgIpc) is 3.28. The van der Waals surface area contributed by atoms with Crippen LogP contribution in [0.2, 0.25) is 0 Å². The molecule has 2 aliphatic heterocycles. The highest BCUT2D eigenvalue weighted by molar-refractivity contribution is 7.88. The second kappa shape index (κ2) is 8.91. The van der Waals surface area contributed by atoms with Gasteiger partial charge < -0.3 is 10.1 Å². The van der Waals surface area contributed by atoms with E-state index >= 15 is 0 Å². The summed E-state index contributed by atoms with van der Waals surface area (Å²) in [6.45, 7) is 1.88.